The molecule has 1 saturated heterocycles. The predicted molar refractivity (Wildman–Crippen MR) is 54.2 cm³/mol. The van der Waals surface area contributed by atoms with Gasteiger partial charge in [-0.1, -0.05) is 0 Å². The van der Waals surface area contributed by atoms with Crippen LogP contribution in [0.25, 0.3) is 0 Å². The van der Waals surface area contributed by atoms with Gasteiger partial charge in [0.25, 0.3) is 0 Å². The number of aromatic nitrogens is 3. The molecule has 1 fully saturated rings. The molecular weight excluding hydrogens is 194 g/mol. The second kappa shape index (κ2) is 4.39. The van der Waals surface area contributed by atoms with Gasteiger partial charge in [-0.25, -0.2) is 9.67 Å². The molecule has 0 aromatic carbocycles. The molecule has 6 heteroatoms. The van der Waals surface area contributed by atoms with Crippen LogP contribution in [-0.4, -0.2) is 39.8 Å². The number of amides is 1. The maximum atomic E-state index is 11.8. The molecule has 1 unspecified atom stereocenters. The molecule has 0 spiro atoms. The Balaban J connectivity index is 1.90. The van der Waals surface area contributed by atoms with Crippen molar-refractivity contribution in [3.8, 4) is 0 Å². The number of hydrogen-bond acceptors (Lipinski definition) is 4. The first-order valence-electron chi connectivity index (χ1n) is 5.12. The Kier molecular flexibility index (Phi) is 2.96. The topological polar surface area (TPSA) is 71.8 Å². The fraction of sp³-hybridized carbons (Fsp3) is 0.667. The minimum atomic E-state index is -0.298. The molecule has 2 atom stereocenters. The van der Waals surface area contributed by atoms with Crippen LogP contribution in [-0.2, 0) is 4.79 Å². The summed E-state index contributed by atoms with van der Waals surface area (Å²) < 4.78 is 1.55. The Morgan fingerprint density at radius 3 is 3.20 bits per heavy atom. The van der Waals surface area contributed by atoms with E-state index in [4.69, 9.17) is 0 Å². The van der Waals surface area contributed by atoms with Gasteiger partial charge in [0.1, 0.15) is 18.7 Å². The van der Waals surface area contributed by atoms with Gasteiger partial charge in [-0.15, -0.1) is 0 Å². The zero-order valence-corrected chi connectivity index (χ0v) is 8.68. The second-order valence-electron chi connectivity index (χ2n) is 3.75. The molecule has 1 aromatic rings. The summed E-state index contributed by atoms with van der Waals surface area (Å²) in [5.74, 6) is -0.00537. The lowest BCUT2D eigenvalue weighted by Crippen LogP contribution is -2.40. The largest absolute Gasteiger partial charge is 0.350 e. The lowest BCUT2D eigenvalue weighted by Gasteiger charge is -2.15. The number of carbonyl (C=O) groups excluding carboxylic acids is 1. The summed E-state index contributed by atoms with van der Waals surface area (Å²) in [7, 11) is 0. The normalized spacial score (nSPS) is 22.6. The third-order valence-corrected chi connectivity index (χ3v) is 2.62. The summed E-state index contributed by atoms with van der Waals surface area (Å²) in [5.41, 5.74) is 0. The maximum absolute atomic E-state index is 11.8. The van der Waals surface area contributed by atoms with Crippen molar-refractivity contribution in [1.82, 2.24) is 25.4 Å². The molecule has 0 aliphatic carbocycles. The molecule has 1 aliphatic heterocycles. The summed E-state index contributed by atoms with van der Waals surface area (Å²) >= 11 is 0. The van der Waals surface area contributed by atoms with Gasteiger partial charge < -0.3 is 10.6 Å². The smallest absolute Gasteiger partial charge is 0.244 e. The minimum Gasteiger partial charge on any atom is -0.350 e. The fourth-order valence-electron chi connectivity index (χ4n) is 1.64. The predicted octanol–water partition coefficient (Wildman–Crippen LogP) is -0.683. The Labute approximate surface area is 88.1 Å². The van der Waals surface area contributed by atoms with E-state index in [0.717, 1.165) is 19.5 Å². The van der Waals surface area contributed by atoms with Gasteiger partial charge in [0, 0.05) is 12.6 Å². The van der Waals surface area contributed by atoms with Gasteiger partial charge in [-0.05, 0) is 19.9 Å². The van der Waals surface area contributed by atoms with E-state index >= 15 is 0 Å². The molecule has 0 radical (unpaired) electrons. The monoisotopic (exact) mass is 209 g/mol. The molecule has 6 nitrogen and oxygen atoms in total. The lowest BCUT2D eigenvalue weighted by atomic mass is 10.2. The van der Waals surface area contributed by atoms with Crippen molar-refractivity contribution in [2.75, 3.05) is 13.1 Å². The molecular formula is C9H15N5O. The van der Waals surface area contributed by atoms with Crippen LogP contribution in [0.15, 0.2) is 12.7 Å². The summed E-state index contributed by atoms with van der Waals surface area (Å²) in [6.45, 7) is 3.64. The van der Waals surface area contributed by atoms with E-state index in [1.807, 2.05) is 6.92 Å². The van der Waals surface area contributed by atoms with E-state index in [2.05, 4.69) is 20.7 Å². The molecule has 2 N–H and O–H groups in total. The first-order chi connectivity index (χ1) is 7.27. The van der Waals surface area contributed by atoms with Crippen molar-refractivity contribution in [2.24, 2.45) is 0 Å². The fourth-order valence-corrected chi connectivity index (χ4v) is 1.64. The van der Waals surface area contributed by atoms with Crippen LogP contribution in [0.3, 0.4) is 0 Å². The summed E-state index contributed by atoms with van der Waals surface area (Å²) in [5, 5.41) is 10.1. The van der Waals surface area contributed by atoms with Crippen LogP contribution in [0.4, 0.5) is 0 Å². The summed E-state index contributed by atoms with van der Waals surface area (Å²) in [4.78, 5) is 15.6. The average molecular weight is 209 g/mol. The first kappa shape index (κ1) is 10.1. The van der Waals surface area contributed by atoms with Gasteiger partial charge in [-0.2, -0.15) is 5.10 Å². The lowest BCUT2D eigenvalue weighted by molar-refractivity contribution is -0.124. The maximum Gasteiger partial charge on any atom is 0.244 e. The van der Waals surface area contributed by atoms with Gasteiger partial charge in [0.15, 0.2) is 0 Å². The molecule has 0 saturated carbocycles. The average Bonchev–Trinajstić information content (AvgIpc) is 2.88. The quantitative estimate of drug-likeness (QED) is 0.691. The van der Waals surface area contributed by atoms with E-state index in [1.165, 1.54) is 6.33 Å². The minimum absolute atomic E-state index is 0.00537. The number of rotatable bonds is 3. The molecule has 2 rings (SSSR count). The molecule has 15 heavy (non-hydrogen) atoms. The van der Waals surface area contributed by atoms with Crippen LogP contribution in [0.1, 0.15) is 19.4 Å². The molecule has 2 heterocycles. The summed E-state index contributed by atoms with van der Waals surface area (Å²) in [6.07, 6.45) is 3.98. The number of hydrogen-bond donors (Lipinski definition) is 2. The third kappa shape index (κ3) is 2.33. The molecule has 1 aromatic heterocycles. The zero-order valence-electron chi connectivity index (χ0n) is 8.68. The highest BCUT2D eigenvalue weighted by Crippen LogP contribution is 2.04. The van der Waals surface area contributed by atoms with E-state index in [0.29, 0.717) is 0 Å². The summed E-state index contributed by atoms with van der Waals surface area (Å²) in [6, 6.07) is -0.0448. The van der Waals surface area contributed by atoms with Crippen LogP contribution in [0, 0.1) is 0 Å². The standard InChI is InChI=1S/C9H15N5O/c1-7(14-6-11-5-12-14)9(15)13-8-2-3-10-4-8/h5-8,10H,2-4H2,1H3,(H,13,15)/t7?,8-/m1/s1. The van der Waals surface area contributed by atoms with Crippen LogP contribution in [0.5, 0.6) is 0 Å². The number of nitrogens with one attached hydrogen (secondary N) is 2. The van der Waals surface area contributed by atoms with Crippen molar-refractivity contribution >= 4 is 5.91 Å². The third-order valence-electron chi connectivity index (χ3n) is 2.62. The molecule has 0 bridgehead atoms. The van der Waals surface area contributed by atoms with E-state index in [-0.39, 0.29) is 18.0 Å². The van der Waals surface area contributed by atoms with Gasteiger partial charge in [0.05, 0.1) is 0 Å². The van der Waals surface area contributed by atoms with Crippen LogP contribution >= 0.6 is 0 Å². The number of carbonyl (C=O) groups is 1. The van der Waals surface area contributed by atoms with Crippen LogP contribution in [0.2, 0.25) is 0 Å². The molecule has 82 valence electrons. The SMILES string of the molecule is CC(C(=O)N[C@@H]1CCNC1)n1cncn1. The van der Waals surface area contributed by atoms with E-state index in [1.54, 1.807) is 11.0 Å². The molecule has 1 aliphatic rings. The number of nitrogens with zero attached hydrogens (tertiary/aromatic N) is 3. The Morgan fingerprint density at radius 2 is 2.60 bits per heavy atom. The van der Waals surface area contributed by atoms with Gasteiger partial charge in [-0.3, -0.25) is 4.79 Å². The Hall–Kier alpha value is -1.43. The van der Waals surface area contributed by atoms with Gasteiger partial charge >= 0.3 is 0 Å². The van der Waals surface area contributed by atoms with Gasteiger partial charge in [0.2, 0.25) is 5.91 Å². The van der Waals surface area contributed by atoms with Crippen LogP contribution < -0.4 is 10.6 Å². The molecule has 1 amide bonds. The van der Waals surface area contributed by atoms with Crippen molar-refractivity contribution in [3.63, 3.8) is 0 Å². The second-order valence-corrected chi connectivity index (χ2v) is 3.75. The van der Waals surface area contributed by atoms with Crippen molar-refractivity contribution in [1.29, 1.82) is 0 Å². The Bertz CT molecular complexity index is 317. The highest BCUT2D eigenvalue weighted by Gasteiger charge is 2.21. The highest BCUT2D eigenvalue weighted by molar-refractivity contribution is 5.80. The van der Waals surface area contributed by atoms with E-state index in [9.17, 15) is 4.79 Å². The zero-order chi connectivity index (χ0) is 10.7. The van der Waals surface area contributed by atoms with Crippen molar-refractivity contribution < 1.29 is 4.79 Å². The first-order valence-corrected chi connectivity index (χ1v) is 5.12. The Morgan fingerprint density at radius 1 is 1.73 bits per heavy atom. The highest BCUT2D eigenvalue weighted by atomic mass is 16.2. The van der Waals surface area contributed by atoms with E-state index < -0.39 is 0 Å². The van der Waals surface area contributed by atoms with Crippen molar-refractivity contribution in [3.05, 3.63) is 12.7 Å². The van der Waals surface area contributed by atoms with Crippen molar-refractivity contribution in [2.45, 2.75) is 25.4 Å².